The first kappa shape index (κ1) is 7.83. The van der Waals surface area contributed by atoms with Gasteiger partial charge in [-0.2, -0.15) is 0 Å². The molecule has 1 aromatic carbocycles. The van der Waals surface area contributed by atoms with E-state index in [9.17, 15) is 0 Å². The highest BCUT2D eigenvalue weighted by Gasteiger charge is 1.95. The molecule has 2 aromatic rings. The fraction of sp³-hybridized carbons (Fsp3) is 0. The van der Waals surface area contributed by atoms with E-state index in [1.54, 1.807) is 0 Å². The standard InChI is InChI=1S/C9H7NS2/c11-8-5-10-7-4-2-1-3-6(7)9(8)12/h1-5,11H,(H,10,12). The summed E-state index contributed by atoms with van der Waals surface area (Å²) in [7, 11) is 0. The van der Waals surface area contributed by atoms with Crippen molar-refractivity contribution >= 4 is 35.7 Å². The van der Waals surface area contributed by atoms with Crippen LogP contribution in [0.5, 0.6) is 0 Å². The summed E-state index contributed by atoms with van der Waals surface area (Å²) >= 11 is 9.44. The number of pyridine rings is 1. The summed E-state index contributed by atoms with van der Waals surface area (Å²) in [4.78, 5) is 3.94. The second kappa shape index (κ2) is 2.92. The number of aromatic nitrogens is 1. The quantitative estimate of drug-likeness (QED) is 0.485. The van der Waals surface area contributed by atoms with Gasteiger partial charge in [0.25, 0.3) is 0 Å². The number of aromatic amines is 1. The van der Waals surface area contributed by atoms with Gasteiger partial charge in [0.05, 0.1) is 4.51 Å². The number of para-hydroxylation sites is 1. The first-order valence-electron chi connectivity index (χ1n) is 3.58. The van der Waals surface area contributed by atoms with Crippen LogP contribution in [0.1, 0.15) is 0 Å². The second-order valence-electron chi connectivity index (χ2n) is 2.55. The van der Waals surface area contributed by atoms with Gasteiger partial charge < -0.3 is 4.98 Å². The van der Waals surface area contributed by atoms with Crippen LogP contribution < -0.4 is 0 Å². The topological polar surface area (TPSA) is 15.8 Å². The number of benzene rings is 1. The Hall–Kier alpha value is -0.800. The maximum atomic E-state index is 5.20. The third kappa shape index (κ3) is 1.15. The van der Waals surface area contributed by atoms with Gasteiger partial charge in [0.15, 0.2) is 0 Å². The largest absolute Gasteiger partial charge is 0.360 e. The van der Waals surface area contributed by atoms with Crippen LogP contribution in [0.4, 0.5) is 0 Å². The zero-order chi connectivity index (χ0) is 8.55. The Labute approximate surface area is 80.8 Å². The lowest BCUT2D eigenvalue weighted by molar-refractivity contribution is 1.30. The van der Waals surface area contributed by atoms with Crippen LogP contribution in [0.25, 0.3) is 10.9 Å². The molecule has 0 fully saturated rings. The van der Waals surface area contributed by atoms with Crippen molar-refractivity contribution in [2.45, 2.75) is 4.90 Å². The highest BCUT2D eigenvalue weighted by Crippen LogP contribution is 2.17. The van der Waals surface area contributed by atoms with E-state index in [4.69, 9.17) is 12.2 Å². The highest BCUT2D eigenvalue weighted by molar-refractivity contribution is 7.81. The zero-order valence-corrected chi connectivity index (χ0v) is 7.95. The summed E-state index contributed by atoms with van der Waals surface area (Å²) in [5.41, 5.74) is 1.06. The predicted molar refractivity (Wildman–Crippen MR) is 56.4 cm³/mol. The minimum Gasteiger partial charge on any atom is -0.360 e. The lowest BCUT2D eigenvalue weighted by Gasteiger charge is -1.98. The zero-order valence-electron chi connectivity index (χ0n) is 6.24. The Kier molecular flexibility index (Phi) is 1.90. The molecule has 1 heterocycles. The van der Waals surface area contributed by atoms with E-state index in [-0.39, 0.29) is 0 Å². The molecular formula is C9H7NS2. The van der Waals surface area contributed by atoms with Crippen molar-refractivity contribution in [3.63, 3.8) is 0 Å². The number of hydrogen-bond acceptors (Lipinski definition) is 2. The molecule has 0 saturated heterocycles. The molecule has 2 rings (SSSR count). The summed E-state index contributed by atoms with van der Waals surface area (Å²) < 4.78 is 0.813. The van der Waals surface area contributed by atoms with Crippen molar-refractivity contribution < 1.29 is 0 Å². The summed E-state index contributed by atoms with van der Waals surface area (Å²) in [5, 5.41) is 1.06. The summed E-state index contributed by atoms with van der Waals surface area (Å²) in [6, 6.07) is 7.94. The van der Waals surface area contributed by atoms with Crippen molar-refractivity contribution in [2.24, 2.45) is 0 Å². The van der Waals surface area contributed by atoms with Crippen LogP contribution in [0, 0.1) is 4.51 Å². The number of H-pyrrole nitrogens is 1. The highest BCUT2D eigenvalue weighted by atomic mass is 32.1. The summed E-state index contributed by atoms with van der Waals surface area (Å²) in [6.07, 6.45) is 1.81. The Morgan fingerprint density at radius 1 is 1.25 bits per heavy atom. The van der Waals surface area contributed by atoms with Crippen LogP contribution in [-0.2, 0) is 0 Å². The van der Waals surface area contributed by atoms with E-state index < -0.39 is 0 Å². The van der Waals surface area contributed by atoms with Crippen molar-refractivity contribution in [3.05, 3.63) is 35.0 Å². The van der Waals surface area contributed by atoms with Crippen molar-refractivity contribution in [2.75, 3.05) is 0 Å². The van der Waals surface area contributed by atoms with E-state index in [0.29, 0.717) is 0 Å². The van der Waals surface area contributed by atoms with Crippen LogP contribution in [0.15, 0.2) is 35.4 Å². The maximum Gasteiger partial charge on any atom is 0.0618 e. The average molecular weight is 193 g/mol. The molecule has 0 aliphatic heterocycles. The molecule has 0 atom stereocenters. The average Bonchev–Trinajstić information content (AvgIpc) is 2.12. The molecule has 1 N–H and O–H groups in total. The minimum absolute atomic E-state index is 0.813. The first-order chi connectivity index (χ1) is 5.79. The second-order valence-corrected chi connectivity index (χ2v) is 3.44. The van der Waals surface area contributed by atoms with Gasteiger partial charge in [0.1, 0.15) is 0 Å². The molecule has 0 unspecified atom stereocenters. The Balaban J connectivity index is 3.01. The smallest absolute Gasteiger partial charge is 0.0618 e. The Morgan fingerprint density at radius 3 is 2.83 bits per heavy atom. The summed E-state index contributed by atoms with van der Waals surface area (Å²) in [6.45, 7) is 0. The van der Waals surface area contributed by atoms with Gasteiger partial charge in [-0.15, -0.1) is 12.6 Å². The number of rotatable bonds is 0. The molecule has 60 valence electrons. The van der Waals surface area contributed by atoms with E-state index in [0.717, 1.165) is 20.3 Å². The first-order valence-corrected chi connectivity index (χ1v) is 4.44. The monoisotopic (exact) mass is 193 g/mol. The molecule has 0 radical (unpaired) electrons. The van der Waals surface area contributed by atoms with Gasteiger partial charge in [0, 0.05) is 22.0 Å². The van der Waals surface area contributed by atoms with Crippen molar-refractivity contribution in [1.82, 2.24) is 4.98 Å². The predicted octanol–water partition coefficient (Wildman–Crippen LogP) is 3.19. The number of hydrogen-bond donors (Lipinski definition) is 2. The molecule has 12 heavy (non-hydrogen) atoms. The molecular weight excluding hydrogens is 186 g/mol. The van der Waals surface area contributed by atoms with Crippen molar-refractivity contribution in [1.29, 1.82) is 0 Å². The lowest BCUT2D eigenvalue weighted by atomic mass is 10.2. The van der Waals surface area contributed by atoms with Gasteiger partial charge in [-0.1, -0.05) is 30.4 Å². The molecule has 0 aliphatic rings. The Morgan fingerprint density at radius 2 is 2.00 bits per heavy atom. The molecule has 1 aromatic heterocycles. The van der Waals surface area contributed by atoms with Gasteiger partial charge in [-0.05, 0) is 6.07 Å². The normalized spacial score (nSPS) is 10.4. The number of thiol groups is 1. The van der Waals surface area contributed by atoms with Gasteiger partial charge in [0.2, 0.25) is 0 Å². The minimum atomic E-state index is 0.813. The van der Waals surface area contributed by atoms with Crippen LogP contribution in [-0.4, -0.2) is 4.98 Å². The van der Waals surface area contributed by atoms with Gasteiger partial charge in [-0.3, -0.25) is 0 Å². The van der Waals surface area contributed by atoms with E-state index in [1.165, 1.54) is 0 Å². The molecule has 3 heteroatoms. The van der Waals surface area contributed by atoms with Gasteiger partial charge in [-0.25, -0.2) is 0 Å². The third-order valence-electron chi connectivity index (χ3n) is 1.77. The van der Waals surface area contributed by atoms with Crippen LogP contribution >= 0.6 is 24.8 Å². The molecule has 0 spiro atoms. The number of nitrogens with one attached hydrogen (secondary N) is 1. The van der Waals surface area contributed by atoms with Crippen LogP contribution in [0.2, 0.25) is 0 Å². The SMILES string of the molecule is S=c1c(S)c[nH]c2ccccc12. The number of fused-ring (bicyclic) bond motifs is 1. The molecule has 1 nitrogen and oxygen atoms in total. The lowest BCUT2D eigenvalue weighted by Crippen LogP contribution is -1.79. The maximum absolute atomic E-state index is 5.20. The van der Waals surface area contributed by atoms with Crippen LogP contribution in [0.3, 0.4) is 0 Å². The molecule has 0 saturated carbocycles. The molecule has 0 bridgehead atoms. The van der Waals surface area contributed by atoms with Crippen molar-refractivity contribution in [3.8, 4) is 0 Å². The van der Waals surface area contributed by atoms with Gasteiger partial charge >= 0.3 is 0 Å². The Bertz CT molecular complexity index is 473. The van der Waals surface area contributed by atoms with E-state index in [2.05, 4.69) is 17.6 Å². The third-order valence-corrected chi connectivity index (χ3v) is 2.71. The summed E-state index contributed by atoms with van der Waals surface area (Å²) in [5.74, 6) is 0. The van der Waals surface area contributed by atoms with E-state index in [1.807, 2.05) is 30.5 Å². The fourth-order valence-electron chi connectivity index (χ4n) is 1.16. The van der Waals surface area contributed by atoms with E-state index >= 15 is 0 Å². The fourth-order valence-corrected chi connectivity index (χ4v) is 1.58. The molecule has 0 aliphatic carbocycles. The molecule has 0 amide bonds.